The minimum absolute atomic E-state index is 0.00152. The van der Waals surface area contributed by atoms with Crippen molar-refractivity contribution in [3.8, 4) is 11.5 Å². The normalized spacial score (nSPS) is 14.7. The van der Waals surface area contributed by atoms with Gasteiger partial charge in [0.05, 0.1) is 16.7 Å². The average Bonchev–Trinajstić information content (AvgIpc) is 3.24. The third-order valence-electron chi connectivity index (χ3n) is 7.60. The van der Waals surface area contributed by atoms with Crippen LogP contribution >= 0.6 is 0 Å². The minimum Gasteiger partial charge on any atom is -0.457 e. The maximum absolute atomic E-state index is 14.5. The summed E-state index contributed by atoms with van der Waals surface area (Å²) in [7, 11) is 1.88. The number of nitrogens with zero attached hydrogens (tertiary/aromatic N) is 4. The molecule has 0 bridgehead atoms. The molecule has 0 radical (unpaired) electrons. The first-order valence-corrected chi connectivity index (χ1v) is 13.9. The first-order chi connectivity index (χ1) is 19.2. The smallest absolute Gasteiger partial charge is 0.228 e. The number of hydrogen-bond donors (Lipinski definition) is 2. The molecule has 1 aliphatic heterocycles. The summed E-state index contributed by atoms with van der Waals surface area (Å²) in [5, 5.41) is 6.10. The number of carbonyl (C=O) groups is 1. The van der Waals surface area contributed by atoms with Gasteiger partial charge in [-0.05, 0) is 81.6 Å². The molecule has 2 aromatic carbocycles. The molecule has 40 heavy (non-hydrogen) atoms. The zero-order chi connectivity index (χ0) is 28.4. The van der Waals surface area contributed by atoms with Crippen LogP contribution in [0.15, 0.2) is 54.7 Å². The van der Waals surface area contributed by atoms with Crippen LogP contribution in [-0.2, 0) is 11.8 Å². The van der Waals surface area contributed by atoms with Crippen LogP contribution in [-0.4, -0.2) is 44.5 Å². The highest BCUT2D eigenvalue weighted by molar-refractivity contribution is 5.92. The molecule has 0 spiro atoms. The van der Waals surface area contributed by atoms with Gasteiger partial charge in [0, 0.05) is 37.3 Å². The van der Waals surface area contributed by atoms with E-state index in [1.807, 2.05) is 35.9 Å². The van der Waals surface area contributed by atoms with Gasteiger partial charge >= 0.3 is 0 Å². The molecule has 210 valence electrons. The van der Waals surface area contributed by atoms with Gasteiger partial charge in [-0.1, -0.05) is 19.9 Å². The molecule has 5 rings (SSSR count). The molecule has 1 fully saturated rings. The van der Waals surface area contributed by atoms with E-state index in [0.29, 0.717) is 40.5 Å². The van der Waals surface area contributed by atoms with E-state index in [2.05, 4.69) is 53.2 Å². The Bertz CT molecular complexity index is 1510. The van der Waals surface area contributed by atoms with Gasteiger partial charge in [-0.15, -0.1) is 0 Å². The maximum Gasteiger partial charge on any atom is 0.228 e. The number of anilines is 3. The molecule has 1 aliphatic rings. The van der Waals surface area contributed by atoms with Crippen LogP contribution in [0, 0.1) is 11.7 Å². The van der Waals surface area contributed by atoms with E-state index < -0.39 is 0 Å². The second kappa shape index (κ2) is 11.6. The summed E-state index contributed by atoms with van der Waals surface area (Å²) in [5.41, 5.74) is 3.01. The first kappa shape index (κ1) is 27.6. The number of carbonyl (C=O) groups excluding carboxylic acids is 1. The fourth-order valence-corrected chi connectivity index (χ4v) is 5.06. The summed E-state index contributed by atoms with van der Waals surface area (Å²) in [6.45, 7) is 10.4. The van der Waals surface area contributed by atoms with Crippen molar-refractivity contribution in [3.63, 3.8) is 0 Å². The van der Waals surface area contributed by atoms with E-state index in [1.165, 1.54) is 6.07 Å². The fraction of sp³-hybridized carbons (Fsp3) is 0.387. The number of ether oxygens (including phenoxy) is 1. The fourth-order valence-electron chi connectivity index (χ4n) is 5.06. The SMILES string of the molecule is CC(C)c1ccc(F)c(Nc2nc3cc(Oc4ccnc(NC(=O)C5CCN(C(C)C)CC5)c4)ccc3n2C)c1. The van der Waals surface area contributed by atoms with Gasteiger partial charge in [-0.2, -0.15) is 0 Å². The van der Waals surface area contributed by atoms with Gasteiger partial charge in [0.1, 0.15) is 23.1 Å². The number of rotatable bonds is 8. The molecule has 9 heteroatoms. The van der Waals surface area contributed by atoms with Gasteiger partial charge in [0.25, 0.3) is 0 Å². The van der Waals surface area contributed by atoms with Crippen molar-refractivity contribution in [3.05, 3.63) is 66.1 Å². The Balaban J connectivity index is 1.27. The largest absolute Gasteiger partial charge is 0.457 e. The molecular formula is C31H37FN6O2. The van der Waals surface area contributed by atoms with E-state index in [1.54, 1.807) is 24.4 Å². The van der Waals surface area contributed by atoms with Crippen molar-refractivity contribution >= 4 is 34.4 Å². The molecule has 3 heterocycles. The van der Waals surface area contributed by atoms with E-state index >= 15 is 0 Å². The predicted octanol–water partition coefficient (Wildman–Crippen LogP) is 6.83. The molecule has 0 atom stereocenters. The van der Waals surface area contributed by atoms with Crippen molar-refractivity contribution in [1.82, 2.24) is 19.4 Å². The zero-order valence-electron chi connectivity index (χ0n) is 23.7. The average molecular weight is 545 g/mol. The lowest BCUT2D eigenvalue weighted by atomic mass is 9.95. The lowest BCUT2D eigenvalue weighted by Gasteiger charge is -2.33. The number of hydrogen-bond acceptors (Lipinski definition) is 6. The number of benzene rings is 2. The lowest BCUT2D eigenvalue weighted by Crippen LogP contribution is -2.41. The molecule has 4 aromatic rings. The molecule has 0 aliphatic carbocycles. The lowest BCUT2D eigenvalue weighted by molar-refractivity contribution is -0.121. The molecule has 1 saturated heterocycles. The van der Waals surface area contributed by atoms with E-state index in [9.17, 15) is 9.18 Å². The Morgan fingerprint density at radius 3 is 2.50 bits per heavy atom. The highest BCUT2D eigenvalue weighted by Crippen LogP contribution is 2.30. The Hall–Kier alpha value is -3.98. The van der Waals surface area contributed by atoms with Crippen molar-refractivity contribution < 1.29 is 13.9 Å². The van der Waals surface area contributed by atoms with Crippen LogP contribution in [0.25, 0.3) is 11.0 Å². The summed E-state index contributed by atoms with van der Waals surface area (Å²) >= 11 is 0. The van der Waals surface area contributed by atoms with E-state index in [0.717, 1.165) is 37.0 Å². The van der Waals surface area contributed by atoms with Crippen molar-refractivity contribution in [2.75, 3.05) is 23.7 Å². The number of piperidine rings is 1. The number of likely N-dealkylation sites (tertiary alicyclic amines) is 1. The summed E-state index contributed by atoms with van der Waals surface area (Å²) in [6.07, 6.45) is 3.31. The Labute approximate surface area is 234 Å². The Morgan fingerprint density at radius 1 is 1.02 bits per heavy atom. The van der Waals surface area contributed by atoms with Gasteiger partial charge in [-0.3, -0.25) is 4.79 Å². The van der Waals surface area contributed by atoms with Crippen LogP contribution in [0.1, 0.15) is 52.0 Å². The summed E-state index contributed by atoms with van der Waals surface area (Å²) in [5.74, 6) is 2.07. The number of halogens is 1. The summed E-state index contributed by atoms with van der Waals surface area (Å²) in [4.78, 5) is 24.2. The molecular weight excluding hydrogens is 507 g/mol. The summed E-state index contributed by atoms with van der Waals surface area (Å²) < 4.78 is 22.5. The second-order valence-corrected chi connectivity index (χ2v) is 11.0. The topological polar surface area (TPSA) is 84.3 Å². The van der Waals surface area contributed by atoms with Gasteiger partial charge in [-0.25, -0.2) is 14.4 Å². The number of imidazole rings is 1. The zero-order valence-corrected chi connectivity index (χ0v) is 23.7. The van der Waals surface area contributed by atoms with Crippen molar-refractivity contribution in [2.45, 2.75) is 52.5 Å². The van der Waals surface area contributed by atoms with Gasteiger partial charge in [0.2, 0.25) is 11.9 Å². The number of nitrogens with one attached hydrogen (secondary N) is 2. The first-order valence-electron chi connectivity index (χ1n) is 13.9. The highest BCUT2D eigenvalue weighted by atomic mass is 19.1. The van der Waals surface area contributed by atoms with Gasteiger partial charge in [0.15, 0.2) is 0 Å². The molecule has 8 nitrogen and oxygen atoms in total. The molecule has 2 N–H and O–H groups in total. The van der Waals surface area contributed by atoms with E-state index in [-0.39, 0.29) is 23.6 Å². The van der Waals surface area contributed by atoms with Crippen LogP contribution in [0.2, 0.25) is 0 Å². The van der Waals surface area contributed by atoms with Crippen LogP contribution < -0.4 is 15.4 Å². The molecule has 0 saturated carbocycles. The Morgan fingerprint density at radius 2 is 1.77 bits per heavy atom. The second-order valence-electron chi connectivity index (χ2n) is 11.0. The van der Waals surface area contributed by atoms with Crippen LogP contribution in [0.5, 0.6) is 11.5 Å². The van der Waals surface area contributed by atoms with Crippen LogP contribution in [0.4, 0.5) is 21.8 Å². The molecule has 2 aromatic heterocycles. The highest BCUT2D eigenvalue weighted by Gasteiger charge is 2.26. The van der Waals surface area contributed by atoms with Crippen molar-refractivity contribution in [2.24, 2.45) is 13.0 Å². The van der Waals surface area contributed by atoms with Crippen molar-refractivity contribution in [1.29, 1.82) is 0 Å². The monoisotopic (exact) mass is 544 g/mol. The third-order valence-corrected chi connectivity index (χ3v) is 7.60. The minimum atomic E-state index is -0.331. The maximum atomic E-state index is 14.5. The number of aromatic nitrogens is 3. The quantitative estimate of drug-likeness (QED) is 0.253. The van der Waals surface area contributed by atoms with E-state index in [4.69, 9.17) is 4.74 Å². The molecule has 0 unspecified atom stereocenters. The Kier molecular flexibility index (Phi) is 8.02. The predicted molar refractivity (Wildman–Crippen MR) is 157 cm³/mol. The third kappa shape index (κ3) is 6.09. The molecule has 1 amide bonds. The number of pyridine rings is 1. The summed E-state index contributed by atoms with van der Waals surface area (Å²) in [6, 6.07) is 14.7. The number of amides is 1. The number of aryl methyl sites for hydroxylation is 1. The standard InChI is InChI=1S/C31H37FN6O2/c1-19(2)22-6-8-25(32)26(16-22)34-31-35-27-17-23(7-9-28(27)37(31)5)40-24-10-13-33-29(18-24)36-30(39)21-11-14-38(15-12-21)20(3)4/h6-10,13,16-21H,11-12,14-15H2,1-5H3,(H,34,35)(H,33,36,39). The van der Waals surface area contributed by atoms with Gasteiger partial charge < -0.3 is 24.8 Å². The van der Waals surface area contributed by atoms with Crippen LogP contribution in [0.3, 0.4) is 0 Å². The number of fused-ring (bicyclic) bond motifs is 1.